The summed E-state index contributed by atoms with van der Waals surface area (Å²) in [5, 5.41) is 5.41. The molecule has 3 heterocycles. The summed E-state index contributed by atoms with van der Waals surface area (Å²) in [4.78, 5) is 43.0. The number of likely N-dealkylation sites (tertiary alicyclic amines) is 1. The molecular formula is C15H20N4O3S. The number of thiazole rings is 1. The van der Waals surface area contributed by atoms with Crippen molar-refractivity contribution in [2.75, 3.05) is 19.6 Å². The smallest absolute Gasteiger partial charge is 0.324 e. The molecule has 124 valence electrons. The maximum atomic E-state index is 12.5. The molecule has 0 aliphatic carbocycles. The highest BCUT2D eigenvalue weighted by atomic mass is 32.1. The number of hydrogen-bond donors (Lipinski definition) is 1. The zero-order chi connectivity index (χ0) is 16.2. The van der Waals surface area contributed by atoms with Gasteiger partial charge in [-0.1, -0.05) is 0 Å². The van der Waals surface area contributed by atoms with Gasteiger partial charge >= 0.3 is 6.03 Å². The maximum absolute atomic E-state index is 12.5. The summed E-state index contributed by atoms with van der Waals surface area (Å²) in [6, 6.07) is -0.283. The van der Waals surface area contributed by atoms with Crippen LogP contribution in [-0.4, -0.2) is 52.3 Å². The SMILES string of the molecule is O=C1CNC(=O)N1CCCC(=O)N1CCCC[C@H]1c1nccs1. The fourth-order valence-corrected chi connectivity index (χ4v) is 3.88. The summed E-state index contributed by atoms with van der Waals surface area (Å²) in [5.41, 5.74) is 0. The fourth-order valence-electron chi connectivity index (χ4n) is 3.10. The number of nitrogens with zero attached hydrogens (tertiary/aromatic N) is 3. The van der Waals surface area contributed by atoms with Crippen molar-refractivity contribution in [2.24, 2.45) is 0 Å². The van der Waals surface area contributed by atoms with Crippen molar-refractivity contribution < 1.29 is 14.4 Å². The van der Waals surface area contributed by atoms with Gasteiger partial charge in [0.2, 0.25) is 11.8 Å². The van der Waals surface area contributed by atoms with E-state index < -0.39 is 0 Å². The minimum atomic E-state index is -0.360. The highest BCUT2D eigenvalue weighted by molar-refractivity contribution is 7.09. The Hall–Kier alpha value is -1.96. The largest absolute Gasteiger partial charge is 0.333 e. The minimum Gasteiger partial charge on any atom is -0.333 e. The van der Waals surface area contributed by atoms with Crippen LogP contribution in [0.4, 0.5) is 4.79 Å². The quantitative estimate of drug-likeness (QED) is 0.827. The molecule has 2 aliphatic rings. The number of piperidine rings is 1. The van der Waals surface area contributed by atoms with Crippen LogP contribution in [0.3, 0.4) is 0 Å². The van der Waals surface area contributed by atoms with Gasteiger partial charge in [0.25, 0.3) is 0 Å². The van der Waals surface area contributed by atoms with E-state index in [1.54, 1.807) is 17.5 Å². The highest BCUT2D eigenvalue weighted by Gasteiger charge is 2.31. The predicted molar refractivity (Wildman–Crippen MR) is 84.8 cm³/mol. The third-order valence-corrected chi connectivity index (χ3v) is 5.15. The third kappa shape index (κ3) is 3.52. The number of hydrogen-bond acceptors (Lipinski definition) is 5. The van der Waals surface area contributed by atoms with Crippen LogP contribution < -0.4 is 5.32 Å². The number of carbonyl (C=O) groups is 3. The number of nitrogens with one attached hydrogen (secondary N) is 1. The summed E-state index contributed by atoms with van der Waals surface area (Å²) < 4.78 is 0. The van der Waals surface area contributed by atoms with Crippen LogP contribution in [0, 0.1) is 0 Å². The van der Waals surface area contributed by atoms with Crippen molar-refractivity contribution in [3.63, 3.8) is 0 Å². The van der Waals surface area contributed by atoms with Crippen LogP contribution in [0.25, 0.3) is 0 Å². The van der Waals surface area contributed by atoms with Gasteiger partial charge in [-0.05, 0) is 25.7 Å². The van der Waals surface area contributed by atoms with Crippen LogP contribution in [0.15, 0.2) is 11.6 Å². The summed E-state index contributed by atoms with van der Waals surface area (Å²) in [6.07, 6.45) is 5.69. The number of rotatable bonds is 5. The summed E-state index contributed by atoms with van der Waals surface area (Å²) in [7, 11) is 0. The molecule has 1 aromatic rings. The number of aromatic nitrogens is 1. The maximum Gasteiger partial charge on any atom is 0.324 e. The first-order chi connectivity index (χ1) is 11.2. The van der Waals surface area contributed by atoms with E-state index >= 15 is 0 Å². The van der Waals surface area contributed by atoms with Gasteiger partial charge in [0.1, 0.15) is 5.01 Å². The van der Waals surface area contributed by atoms with Gasteiger partial charge < -0.3 is 10.2 Å². The van der Waals surface area contributed by atoms with Crippen LogP contribution in [0.1, 0.15) is 43.2 Å². The van der Waals surface area contributed by atoms with E-state index in [9.17, 15) is 14.4 Å². The number of carbonyl (C=O) groups excluding carboxylic acids is 3. The Morgan fingerprint density at radius 2 is 2.26 bits per heavy atom. The Bertz CT molecular complexity index is 574. The Balaban J connectivity index is 1.54. The molecule has 1 atom stereocenters. The van der Waals surface area contributed by atoms with Gasteiger partial charge in [-0.15, -0.1) is 11.3 Å². The van der Waals surface area contributed by atoms with Crippen LogP contribution in [0.2, 0.25) is 0 Å². The predicted octanol–water partition coefficient (Wildman–Crippen LogP) is 1.53. The Labute approximate surface area is 138 Å². The van der Waals surface area contributed by atoms with Gasteiger partial charge in [0.15, 0.2) is 0 Å². The average molecular weight is 336 g/mol. The molecule has 0 unspecified atom stereocenters. The zero-order valence-electron chi connectivity index (χ0n) is 12.9. The molecule has 23 heavy (non-hydrogen) atoms. The minimum absolute atomic E-state index is 0.0605. The molecule has 1 N–H and O–H groups in total. The van der Waals surface area contributed by atoms with Crippen LogP contribution in [0.5, 0.6) is 0 Å². The number of urea groups is 1. The number of amides is 4. The van der Waals surface area contributed by atoms with Gasteiger partial charge in [0.05, 0.1) is 12.6 Å². The zero-order valence-corrected chi connectivity index (χ0v) is 13.7. The van der Waals surface area contributed by atoms with Crippen molar-refractivity contribution >= 4 is 29.2 Å². The average Bonchev–Trinajstić information content (AvgIpc) is 3.20. The lowest BCUT2D eigenvalue weighted by molar-refractivity contribution is -0.135. The molecule has 3 rings (SSSR count). The second-order valence-electron chi connectivity index (χ2n) is 5.78. The second-order valence-corrected chi connectivity index (χ2v) is 6.70. The molecular weight excluding hydrogens is 316 g/mol. The van der Waals surface area contributed by atoms with E-state index in [-0.39, 0.29) is 30.4 Å². The van der Waals surface area contributed by atoms with Gasteiger partial charge in [-0.2, -0.15) is 0 Å². The first kappa shape index (κ1) is 15.9. The number of imide groups is 1. The first-order valence-electron chi connectivity index (χ1n) is 7.94. The molecule has 0 radical (unpaired) electrons. The van der Waals surface area contributed by atoms with E-state index in [0.717, 1.165) is 30.8 Å². The van der Waals surface area contributed by atoms with Crippen molar-refractivity contribution in [2.45, 2.75) is 38.1 Å². The van der Waals surface area contributed by atoms with Crippen molar-refractivity contribution in [1.29, 1.82) is 0 Å². The van der Waals surface area contributed by atoms with Crippen molar-refractivity contribution in [1.82, 2.24) is 20.1 Å². The molecule has 4 amide bonds. The highest BCUT2D eigenvalue weighted by Crippen LogP contribution is 2.32. The van der Waals surface area contributed by atoms with Gasteiger partial charge in [-0.25, -0.2) is 9.78 Å². The third-order valence-electron chi connectivity index (χ3n) is 4.27. The van der Waals surface area contributed by atoms with E-state index in [2.05, 4.69) is 10.3 Å². The molecule has 0 spiro atoms. The molecule has 8 heteroatoms. The summed E-state index contributed by atoms with van der Waals surface area (Å²) in [5.74, 6) is -0.141. The normalized spacial score (nSPS) is 21.7. The van der Waals surface area contributed by atoms with Crippen molar-refractivity contribution in [3.8, 4) is 0 Å². The van der Waals surface area contributed by atoms with E-state index in [4.69, 9.17) is 0 Å². The van der Waals surface area contributed by atoms with Crippen molar-refractivity contribution in [3.05, 3.63) is 16.6 Å². The van der Waals surface area contributed by atoms with Crippen LogP contribution >= 0.6 is 11.3 Å². The Kier molecular flexibility index (Phi) is 4.90. The molecule has 0 aromatic carbocycles. The van der Waals surface area contributed by atoms with Crippen LogP contribution in [-0.2, 0) is 9.59 Å². The molecule has 0 bridgehead atoms. The van der Waals surface area contributed by atoms with Gasteiger partial charge in [0, 0.05) is 31.1 Å². The lowest BCUT2D eigenvalue weighted by atomic mass is 10.0. The topological polar surface area (TPSA) is 82.6 Å². The second kappa shape index (κ2) is 7.08. The lowest BCUT2D eigenvalue weighted by Gasteiger charge is -2.34. The molecule has 2 saturated heterocycles. The molecule has 2 aliphatic heterocycles. The molecule has 1 aromatic heterocycles. The molecule has 7 nitrogen and oxygen atoms in total. The van der Waals surface area contributed by atoms with E-state index in [1.807, 2.05) is 10.3 Å². The standard InChI is InChI=1S/C15H20N4O3S/c20-12(5-3-8-19-13(21)10-17-15(19)22)18-7-2-1-4-11(18)14-16-6-9-23-14/h6,9,11H,1-5,7-8,10H2,(H,17,22)/t11-/m0/s1. The van der Waals surface area contributed by atoms with E-state index in [0.29, 0.717) is 19.4 Å². The van der Waals surface area contributed by atoms with Gasteiger partial charge in [-0.3, -0.25) is 14.5 Å². The summed E-state index contributed by atoms with van der Waals surface area (Å²) >= 11 is 1.58. The molecule has 0 saturated carbocycles. The Morgan fingerprint density at radius 1 is 1.39 bits per heavy atom. The lowest BCUT2D eigenvalue weighted by Crippen LogP contribution is -2.39. The first-order valence-corrected chi connectivity index (χ1v) is 8.82. The summed E-state index contributed by atoms with van der Waals surface area (Å²) in [6.45, 7) is 1.11. The fraction of sp³-hybridized carbons (Fsp3) is 0.600. The monoisotopic (exact) mass is 336 g/mol. The Morgan fingerprint density at radius 3 is 2.96 bits per heavy atom. The molecule has 2 fully saturated rings. The van der Waals surface area contributed by atoms with E-state index in [1.165, 1.54) is 4.90 Å².